The van der Waals surface area contributed by atoms with Crippen LogP contribution in [0.3, 0.4) is 0 Å². The lowest BCUT2D eigenvalue weighted by atomic mass is 10.1. The Bertz CT molecular complexity index is 912. The van der Waals surface area contributed by atoms with E-state index in [1.54, 1.807) is 0 Å². The molecule has 25 heavy (non-hydrogen) atoms. The van der Waals surface area contributed by atoms with E-state index in [0.29, 0.717) is 12.6 Å². The highest BCUT2D eigenvalue weighted by Crippen LogP contribution is 2.33. The third-order valence-electron chi connectivity index (χ3n) is 5.22. The summed E-state index contributed by atoms with van der Waals surface area (Å²) in [6.07, 6.45) is 2.62. The maximum Gasteiger partial charge on any atom is 0.252 e. The zero-order valence-corrected chi connectivity index (χ0v) is 14.6. The van der Waals surface area contributed by atoms with Gasteiger partial charge in [0, 0.05) is 30.2 Å². The van der Waals surface area contributed by atoms with Crippen molar-refractivity contribution < 1.29 is 0 Å². The quantitative estimate of drug-likeness (QED) is 0.721. The van der Waals surface area contributed by atoms with E-state index in [0.717, 1.165) is 28.9 Å². The number of aromatic amines is 1. The largest absolute Gasteiger partial charge is 0.322 e. The SMILES string of the molecule is CC(c1ccccc1)N(Cc1cc2ccccc2[nH]c1=O)CC1CC1. The Morgan fingerprint density at radius 1 is 1.08 bits per heavy atom. The summed E-state index contributed by atoms with van der Waals surface area (Å²) in [5, 5.41) is 1.09. The van der Waals surface area contributed by atoms with Crippen LogP contribution in [0.2, 0.25) is 0 Å². The summed E-state index contributed by atoms with van der Waals surface area (Å²) >= 11 is 0. The van der Waals surface area contributed by atoms with Crippen molar-refractivity contribution in [3.8, 4) is 0 Å². The van der Waals surface area contributed by atoms with Gasteiger partial charge in [-0.05, 0) is 48.8 Å². The first-order chi connectivity index (χ1) is 12.2. The Hall–Kier alpha value is -2.39. The fourth-order valence-electron chi connectivity index (χ4n) is 3.46. The highest BCUT2D eigenvalue weighted by molar-refractivity contribution is 5.78. The molecule has 3 aromatic rings. The average molecular weight is 332 g/mol. The number of nitrogens with one attached hydrogen (secondary N) is 1. The Kier molecular flexibility index (Phi) is 4.41. The van der Waals surface area contributed by atoms with Gasteiger partial charge >= 0.3 is 0 Å². The van der Waals surface area contributed by atoms with E-state index in [4.69, 9.17) is 0 Å². The van der Waals surface area contributed by atoms with Gasteiger partial charge < -0.3 is 4.98 Å². The lowest BCUT2D eigenvalue weighted by molar-refractivity contribution is 0.192. The predicted molar refractivity (Wildman–Crippen MR) is 103 cm³/mol. The maximum absolute atomic E-state index is 12.5. The first kappa shape index (κ1) is 16.1. The number of pyridine rings is 1. The van der Waals surface area contributed by atoms with Gasteiger partial charge in [0.2, 0.25) is 0 Å². The second-order valence-electron chi connectivity index (χ2n) is 7.17. The number of para-hydroxylation sites is 1. The summed E-state index contributed by atoms with van der Waals surface area (Å²) in [5.41, 5.74) is 3.09. The lowest BCUT2D eigenvalue weighted by Crippen LogP contribution is -2.31. The van der Waals surface area contributed by atoms with Gasteiger partial charge in [0.15, 0.2) is 0 Å². The molecule has 1 heterocycles. The number of rotatable bonds is 6. The second-order valence-corrected chi connectivity index (χ2v) is 7.17. The average Bonchev–Trinajstić information content (AvgIpc) is 3.46. The fourth-order valence-corrected chi connectivity index (χ4v) is 3.46. The van der Waals surface area contributed by atoms with Gasteiger partial charge in [-0.2, -0.15) is 0 Å². The molecule has 4 rings (SSSR count). The molecule has 0 radical (unpaired) electrons. The molecular formula is C22H24N2O. The molecule has 0 aliphatic heterocycles. The summed E-state index contributed by atoms with van der Waals surface area (Å²) in [6.45, 7) is 3.99. The van der Waals surface area contributed by atoms with Crippen molar-refractivity contribution >= 4 is 10.9 Å². The van der Waals surface area contributed by atoms with Gasteiger partial charge in [0.25, 0.3) is 5.56 Å². The third-order valence-corrected chi connectivity index (χ3v) is 5.22. The lowest BCUT2D eigenvalue weighted by Gasteiger charge is -2.29. The number of hydrogen-bond donors (Lipinski definition) is 1. The van der Waals surface area contributed by atoms with Crippen LogP contribution in [-0.2, 0) is 6.54 Å². The first-order valence-corrected chi connectivity index (χ1v) is 9.10. The van der Waals surface area contributed by atoms with Crippen molar-refractivity contribution in [2.45, 2.75) is 32.4 Å². The molecule has 1 aliphatic carbocycles. The molecule has 1 saturated carbocycles. The van der Waals surface area contributed by atoms with Crippen LogP contribution in [0.5, 0.6) is 0 Å². The van der Waals surface area contributed by atoms with Gasteiger partial charge in [0.1, 0.15) is 0 Å². The van der Waals surface area contributed by atoms with E-state index in [2.05, 4.69) is 53.2 Å². The molecule has 3 heteroatoms. The van der Waals surface area contributed by atoms with Gasteiger partial charge in [-0.25, -0.2) is 0 Å². The Balaban J connectivity index is 1.64. The van der Waals surface area contributed by atoms with Crippen molar-refractivity contribution in [3.63, 3.8) is 0 Å². The van der Waals surface area contributed by atoms with E-state index in [-0.39, 0.29) is 5.56 Å². The molecule has 0 bridgehead atoms. The van der Waals surface area contributed by atoms with E-state index in [9.17, 15) is 4.79 Å². The Labute approximate surface area is 148 Å². The second kappa shape index (κ2) is 6.85. The van der Waals surface area contributed by atoms with Crippen LogP contribution in [0.15, 0.2) is 65.5 Å². The van der Waals surface area contributed by atoms with Crippen LogP contribution in [-0.4, -0.2) is 16.4 Å². The molecule has 128 valence electrons. The number of fused-ring (bicyclic) bond motifs is 1. The van der Waals surface area contributed by atoms with Crippen LogP contribution in [0.25, 0.3) is 10.9 Å². The minimum atomic E-state index is 0.0276. The molecule has 1 aromatic heterocycles. The molecule has 2 aromatic carbocycles. The minimum Gasteiger partial charge on any atom is -0.322 e. The van der Waals surface area contributed by atoms with Crippen LogP contribution in [0, 0.1) is 5.92 Å². The summed E-state index contributed by atoms with van der Waals surface area (Å²) in [5.74, 6) is 0.783. The zero-order chi connectivity index (χ0) is 17.2. The number of H-pyrrole nitrogens is 1. The fraction of sp³-hybridized carbons (Fsp3) is 0.318. The minimum absolute atomic E-state index is 0.0276. The van der Waals surface area contributed by atoms with Gasteiger partial charge in [0.05, 0.1) is 0 Å². The van der Waals surface area contributed by atoms with Crippen LogP contribution >= 0.6 is 0 Å². The van der Waals surface area contributed by atoms with E-state index in [1.807, 2.05) is 24.3 Å². The molecule has 3 nitrogen and oxygen atoms in total. The maximum atomic E-state index is 12.5. The predicted octanol–water partition coefficient (Wildman–Crippen LogP) is 4.50. The molecule has 1 aliphatic rings. The standard InChI is InChI=1S/C22H24N2O/c1-16(18-7-3-2-4-8-18)24(14-17-11-12-17)15-20-13-19-9-5-6-10-21(19)23-22(20)25/h2-10,13,16-17H,11-12,14-15H2,1H3,(H,23,25). The highest BCUT2D eigenvalue weighted by atomic mass is 16.1. The molecular weight excluding hydrogens is 308 g/mol. The topological polar surface area (TPSA) is 36.1 Å². The Morgan fingerprint density at radius 2 is 1.80 bits per heavy atom. The van der Waals surface area contributed by atoms with Crippen molar-refractivity contribution in [2.75, 3.05) is 6.54 Å². The summed E-state index contributed by atoms with van der Waals surface area (Å²) in [7, 11) is 0. The van der Waals surface area contributed by atoms with Gasteiger partial charge in [-0.15, -0.1) is 0 Å². The Morgan fingerprint density at radius 3 is 2.56 bits per heavy atom. The van der Waals surface area contributed by atoms with Crippen LogP contribution < -0.4 is 5.56 Å². The molecule has 0 saturated heterocycles. The molecule has 0 spiro atoms. The number of nitrogens with zero attached hydrogens (tertiary/aromatic N) is 1. The van der Waals surface area contributed by atoms with Crippen molar-refractivity contribution in [2.24, 2.45) is 5.92 Å². The van der Waals surface area contributed by atoms with Crippen molar-refractivity contribution in [1.82, 2.24) is 9.88 Å². The first-order valence-electron chi connectivity index (χ1n) is 9.10. The van der Waals surface area contributed by atoms with E-state index in [1.165, 1.54) is 18.4 Å². The number of hydrogen-bond acceptors (Lipinski definition) is 2. The van der Waals surface area contributed by atoms with Crippen molar-refractivity contribution in [1.29, 1.82) is 0 Å². The summed E-state index contributed by atoms with van der Waals surface area (Å²) in [4.78, 5) is 18.0. The number of aromatic nitrogens is 1. The van der Waals surface area contributed by atoms with E-state index < -0.39 is 0 Å². The highest BCUT2D eigenvalue weighted by Gasteiger charge is 2.27. The molecule has 1 N–H and O–H groups in total. The molecule has 1 unspecified atom stereocenters. The normalized spacial score (nSPS) is 15.6. The molecule has 1 atom stereocenters. The van der Waals surface area contributed by atoms with Gasteiger partial charge in [-0.3, -0.25) is 9.69 Å². The van der Waals surface area contributed by atoms with Crippen LogP contribution in [0.1, 0.15) is 36.9 Å². The molecule has 0 amide bonds. The number of benzene rings is 2. The zero-order valence-electron chi connectivity index (χ0n) is 14.6. The van der Waals surface area contributed by atoms with Crippen LogP contribution in [0.4, 0.5) is 0 Å². The summed E-state index contributed by atoms with van der Waals surface area (Å²) < 4.78 is 0. The summed E-state index contributed by atoms with van der Waals surface area (Å²) in [6, 6.07) is 20.9. The van der Waals surface area contributed by atoms with Crippen molar-refractivity contribution in [3.05, 3.63) is 82.1 Å². The smallest absolute Gasteiger partial charge is 0.252 e. The molecule has 1 fully saturated rings. The monoisotopic (exact) mass is 332 g/mol. The third kappa shape index (κ3) is 3.67. The van der Waals surface area contributed by atoms with Gasteiger partial charge in [-0.1, -0.05) is 48.5 Å². The van der Waals surface area contributed by atoms with E-state index >= 15 is 0 Å².